The number of nitrogens with one attached hydrogen (secondary N) is 2. The summed E-state index contributed by atoms with van der Waals surface area (Å²) in [6.07, 6.45) is 3.22. The van der Waals surface area contributed by atoms with Crippen molar-refractivity contribution in [2.24, 2.45) is 10.9 Å². The van der Waals surface area contributed by atoms with Crippen LogP contribution in [0, 0.1) is 5.92 Å². The largest absolute Gasteiger partial charge is 0.378 e. The predicted octanol–water partition coefficient (Wildman–Crippen LogP) is 3.48. The van der Waals surface area contributed by atoms with Gasteiger partial charge in [-0.2, -0.15) is 0 Å². The molecule has 0 saturated heterocycles. The molecule has 0 radical (unpaired) electrons. The summed E-state index contributed by atoms with van der Waals surface area (Å²) in [7, 11) is 1.80. The highest BCUT2D eigenvalue weighted by molar-refractivity contribution is 14.0. The lowest BCUT2D eigenvalue weighted by Gasteiger charge is -2.21. The van der Waals surface area contributed by atoms with Gasteiger partial charge < -0.3 is 15.4 Å². The fourth-order valence-corrected chi connectivity index (χ4v) is 3.09. The van der Waals surface area contributed by atoms with Gasteiger partial charge in [0.05, 0.1) is 16.8 Å². The van der Waals surface area contributed by atoms with Crippen LogP contribution in [0.2, 0.25) is 0 Å². The molecule has 0 aromatic carbocycles. The highest BCUT2D eigenvalue weighted by Crippen LogP contribution is 2.10. The second-order valence-electron chi connectivity index (χ2n) is 5.79. The topological polar surface area (TPSA) is 58.5 Å². The first-order chi connectivity index (χ1) is 11.1. The first kappa shape index (κ1) is 23.6. The Morgan fingerprint density at radius 3 is 2.54 bits per heavy atom. The van der Waals surface area contributed by atoms with Crippen molar-refractivity contribution in [3.63, 3.8) is 0 Å². The van der Waals surface area contributed by atoms with Crippen LogP contribution in [0.1, 0.15) is 44.8 Å². The van der Waals surface area contributed by atoms with Crippen molar-refractivity contribution in [3.8, 4) is 0 Å². The zero-order valence-corrected chi connectivity index (χ0v) is 18.7. The van der Waals surface area contributed by atoms with Crippen molar-refractivity contribution in [2.45, 2.75) is 53.1 Å². The van der Waals surface area contributed by atoms with E-state index >= 15 is 0 Å². The van der Waals surface area contributed by atoms with Crippen LogP contribution in [-0.4, -0.2) is 43.8 Å². The Balaban J connectivity index is 0.00000529. The highest BCUT2D eigenvalue weighted by atomic mass is 127. The summed E-state index contributed by atoms with van der Waals surface area (Å²) in [6, 6.07) is 0. The maximum absolute atomic E-state index is 5.76. The van der Waals surface area contributed by atoms with E-state index in [0.717, 1.165) is 50.6 Å². The molecule has 2 N–H and O–H groups in total. The molecule has 0 amide bonds. The van der Waals surface area contributed by atoms with Crippen molar-refractivity contribution in [1.82, 2.24) is 15.6 Å². The summed E-state index contributed by atoms with van der Waals surface area (Å²) >= 11 is 1.74. The maximum atomic E-state index is 5.76. The molecule has 0 spiro atoms. The molecule has 7 heteroatoms. The standard InChI is InChI=1S/C17H32N4OS.HI/c1-6-16-21-14(12-23-16)8-10-19-17(18-5)20-11-9-15(13(3)4)22-7-2;/h12-13,15H,6-11H2,1-5H3,(H2,18,19,20);1H. The summed E-state index contributed by atoms with van der Waals surface area (Å²) in [6.45, 7) is 11.1. The van der Waals surface area contributed by atoms with E-state index in [0.29, 0.717) is 12.0 Å². The third kappa shape index (κ3) is 9.17. The van der Waals surface area contributed by atoms with Gasteiger partial charge in [-0.1, -0.05) is 20.8 Å². The Bertz CT molecular complexity index is 465. The molecule has 1 heterocycles. The van der Waals surface area contributed by atoms with E-state index in [4.69, 9.17) is 4.74 Å². The van der Waals surface area contributed by atoms with E-state index in [1.54, 1.807) is 18.4 Å². The van der Waals surface area contributed by atoms with Gasteiger partial charge in [0.25, 0.3) is 0 Å². The van der Waals surface area contributed by atoms with E-state index in [-0.39, 0.29) is 24.0 Å². The zero-order valence-electron chi connectivity index (χ0n) is 15.6. The summed E-state index contributed by atoms with van der Waals surface area (Å²) in [5.74, 6) is 1.37. The van der Waals surface area contributed by atoms with E-state index < -0.39 is 0 Å². The lowest BCUT2D eigenvalue weighted by molar-refractivity contribution is 0.0258. The van der Waals surface area contributed by atoms with Crippen LogP contribution < -0.4 is 10.6 Å². The monoisotopic (exact) mass is 468 g/mol. The number of hydrogen-bond acceptors (Lipinski definition) is 4. The van der Waals surface area contributed by atoms with Crippen LogP contribution in [0.5, 0.6) is 0 Å². The van der Waals surface area contributed by atoms with Gasteiger partial charge in [-0.05, 0) is 25.7 Å². The Kier molecular flexibility index (Phi) is 13.6. The average Bonchev–Trinajstić information content (AvgIpc) is 3.00. The first-order valence-electron chi connectivity index (χ1n) is 8.60. The van der Waals surface area contributed by atoms with Crippen molar-refractivity contribution in [3.05, 3.63) is 16.1 Å². The Morgan fingerprint density at radius 2 is 2.00 bits per heavy atom. The number of aromatic nitrogens is 1. The SMILES string of the molecule is CCOC(CCNC(=NC)NCCc1csc(CC)n1)C(C)C.I. The summed E-state index contributed by atoms with van der Waals surface area (Å²) < 4.78 is 5.76. The zero-order chi connectivity index (χ0) is 17.1. The summed E-state index contributed by atoms with van der Waals surface area (Å²) in [5, 5.41) is 10.1. The highest BCUT2D eigenvalue weighted by Gasteiger charge is 2.12. The Labute approximate surface area is 168 Å². The lowest BCUT2D eigenvalue weighted by Crippen LogP contribution is -2.40. The van der Waals surface area contributed by atoms with Crippen LogP contribution in [0.4, 0.5) is 0 Å². The Hall–Kier alpha value is -0.410. The number of guanidine groups is 1. The molecule has 0 saturated carbocycles. The molecule has 24 heavy (non-hydrogen) atoms. The molecule has 0 aliphatic heterocycles. The minimum atomic E-state index is 0. The van der Waals surface area contributed by atoms with Gasteiger partial charge in [0, 0.05) is 38.5 Å². The predicted molar refractivity (Wildman–Crippen MR) is 115 cm³/mol. The van der Waals surface area contributed by atoms with E-state index in [9.17, 15) is 0 Å². The third-order valence-corrected chi connectivity index (χ3v) is 4.69. The van der Waals surface area contributed by atoms with Gasteiger partial charge in [-0.25, -0.2) is 4.98 Å². The van der Waals surface area contributed by atoms with Gasteiger partial charge >= 0.3 is 0 Å². The molecular formula is C17H33IN4OS. The smallest absolute Gasteiger partial charge is 0.190 e. The maximum Gasteiger partial charge on any atom is 0.190 e. The number of halogens is 1. The second-order valence-corrected chi connectivity index (χ2v) is 6.73. The molecular weight excluding hydrogens is 435 g/mol. The summed E-state index contributed by atoms with van der Waals surface area (Å²) in [5.41, 5.74) is 1.16. The molecule has 0 fully saturated rings. The molecule has 1 atom stereocenters. The molecule has 1 rings (SSSR count). The van der Waals surface area contributed by atoms with E-state index in [2.05, 4.69) is 46.8 Å². The number of hydrogen-bond donors (Lipinski definition) is 2. The molecule has 0 aliphatic carbocycles. The van der Waals surface area contributed by atoms with Crippen LogP contribution in [0.15, 0.2) is 10.4 Å². The molecule has 0 aliphatic rings. The number of rotatable bonds is 10. The second kappa shape index (κ2) is 13.8. The normalized spacial score (nSPS) is 12.8. The first-order valence-corrected chi connectivity index (χ1v) is 9.48. The minimum Gasteiger partial charge on any atom is -0.378 e. The third-order valence-electron chi connectivity index (χ3n) is 3.64. The van der Waals surface area contributed by atoms with Crippen molar-refractivity contribution >= 4 is 41.3 Å². The number of nitrogens with zero attached hydrogens (tertiary/aromatic N) is 2. The molecule has 1 unspecified atom stereocenters. The minimum absolute atomic E-state index is 0. The molecule has 0 bridgehead atoms. The van der Waals surface area contributed by atoms with Crippen molar-refractivity contribution < 1.29 is 4.74 Å². The van der Waals surface area contributed by atoms with Crippen LogP contribution in [0.25, 0.3) is 0 Å². The Morgan fingerprint density at radius 1 is 1.29 bits per heavy atom. The van der Waals surface area contributed by atoms with Gasteiger partial charge in [0.2, 0.25) is 0 Å². The molecule has 5 nitrogen and oxygen atoms in total. The fourth-order valence-electron chi connectivity index (χ4n) is 2.31. The van der Waals surface area contributed by atoms with Crippen molar-refractivity contribution in [2.75, 3.05) is 26.7 Å². The summed E-state index contributed by atoms with van der Waals surface area (Å²) in [4.78, 5) is 8.84. The number of thiazole rings is 1. The van der Waals surface area contributed by atoms with Gasteiger partial charge in [0.1, 0.15) is 0 Å². The van der Waals surface area contributed by atoms with Crippen LogP contribution in [0.3, 0.4) is 0 Å². The molecule has 1 aromatic heterocycles. The molecule has 1 aromatic rings. The quantitative estimate of drug-likeness (QED) is 0.314. The number of aryl methyl sites for hydroxylation is 1. The fraction of sp³-hybridized carbons (Fsp3) is 0.765. The van der Waals surface area contributed by atoms with Gasteiger partial charge in [0.15, 0.2) is 5.96 Å². The van der Waals surface area contributed by atoms with Gasteiger partial charge in [-0.3, -0.25) is 4.99 Å². The number of ether oxygens (including phenoxy) is 1. The van der Waals surface area contributed by atoms with Crippen LogP contribution in [-0.2, 0) is 17.6 Å². The van der Waals surface area contributed by atoms with Crippen LogP contribution >= 0.6 is 35.3 Å². The van der Waals surface area contributed by atoms with Gasteiger partial charge in [-0.15, -0.1) is 35.3 Å². The molecule has 140 valence electrons. The van der Waals surface area contributed by atoms with E-state index in [1.807, 2.05) is 6.92 Å². The number of aliphatic imine (C=N–C) groups is 1. The lowest BCUT2D eigenvalue weighted by atomic mass is 10.0. The van der Waals surface area contributed by atoms with Crippen molar-refractivity contribution in [1.29, 1.82) is 0 Å². The average molecular weight is 468 g/mol. The van der Waals surface area contributed by atoms with E-state index in [1.165, 1.54) is 5.01 Å².